The van der Waals surface area contributed by atoms with Crippen LogP contribution in [-0.2, 0) is 16.2 Å². The minimum absolute atomic E-state index is 0.0278. The number of hydrogen-bond acceptors (Lipinski definition) is 5. The van der Waals surface area contributed by atoms with Crippen LogP contribution >= 0.6 is 11.6 Å². The third kappa shape index (κ3) is 5.09. The molecule has 3 aromatic rings. The fourth-order valence-electron chi connectivity index (χ4n) is 3.31. The van der Waals surface area contributed by atoms with E-state index in [9.17, 15) is 14.4 Å². The van der Waals surface area contributed by atoms with Gasteiger partial charge in [-0.25, -0.2) is 0 Å². The molecule has 2 heterocycles. The van der Waals surface area contributed by atoms with Crippen LogP contribution in [-0.4, -0.2) is 24.3 Å². The second-order valence-corrected chi connectivity index (χ2v) is 7.63. The standard InChI is InChI=1S/C23H20ClN3O5/c24-16-5-4-6-17(12-16)27-13-15(11-21(27)28)22(29)25-26-23(30)20-10-9-19(32-20)14-31-18-7-2-1-3-8-18/h1-10,12,15H,11,13-14H2,(H,25,29)(H,26,30). The van der Waals surface area contributed by atoms with E-state index in [0.717, 1.165) is 0 Å². The van der Waals surface area contributed by atoms with Crippen molar-refractivity contribution in [1.29, 1.82) is 0 Å². The second-order valence-electron chi connectivity index (χ2n) is 7.20. The Labute approximate surface area is 189 Å². The molecule has 1 fully saturated rings. The number of rotatable bonds is 6. The molecular formula is C23H20ClN3O5. The van der Waals surface area contributed by atoms with E-state index in [1.807, 2.05) is 30.3 Å². The Bertz CT molecular complexity index is 1130. The number of anilines is 1. The van der Waals surface area contributed by atoms with Gasteiger partial charge in [0.25, 0.3) is 0 Å². The molecular weight excluding hydrogens is 434 g/mol. The average Bonchev–Trinajstić information content (AvgIpc) is 3.43. The minimum Gasteiger partial charge on any atom is -0.486 e. The molecule has 1 aliphatic heterocycles. The van der Waals surface area contributed by atoms with Gasteiger partial charge in [0.15, 0.2) is 5.76 Å². The maximum atomic E-state index is 12.5. The number of carbonyl (C=O) groups is 3. The number of hydrogen-bond donors (Lipinski definition) is 2. The maximum absolute atomic E-state index is 12.5. The number of para-hydroxylation sites is 1. The number of ether oxygens (including phenoxy) is 1. The van der Waals surface area contributed by atoms with Gasteiger partial charge >= 0.3 is 5.91 Å². The van der Waals surface area contributed by atoms with E-state index in [2.05, 4.69) is 10.9 Å². The van der Waals surface area contributed by atoms with Crippen LogP contribution in [0.15, 0.2) is 71.1 Å². The molecule has 1 aliphatic rings. The number of amides is 3. The molecule has 3 amide bonds. The number of nitrogens with one attached hydrogen (secondary N) is 2. The van der Waals surface area contributed by atoms with E-state index < -0.39 is 17.7 Å². The van der Waals surface area contributed by atoms with Gasteiger partial charge in [-0.15, -0.1) is 0 Å². The van der Waals surface area contributed by atoms with Crippen molar-refractivity contribution in [3.05, 3.63) is 83.3 Å². The Hall–Kier alpha value is -3.78. The van der Waals surface area contributed by atoms with Gasteiger partial charge in [-0.05, 0) is 42.5 Å². The summed E-state index contributed by atoms with van der Waals surface area (Å²) in [5.41, 5.74) is 5.30. The Kier molecular flexibility index (Phi) is 6.42. The molecule has 2 N–H and O–H groups in total. The van der Waals surface area contributed by atoms with Crippen LogP contribution < -0.4 is 20.5 Å². The van der Waals surface area contributed by atoms with Crippen molar-refractivity contribution in [3.8, 4) is 5.75 Å². The molecule has 164 valence electrons. The zero-order valence-corrected chi connectivity index (χ0v) is 17.7. The van der Waals surface area contributed by atoms with Crippen LogP contribution in [0.25, 0.3) is 0 Å². The molecule has 1 unspecified atom stereocenters. The molecule has 0 aliphatic carbocycles. The molecule has 0 radical (unpaired) electrons. The lowest BCUT2D eigenvalue weighted by atomic mass is 10.1. The predicted molar refractivity (Wildman–Crippen MR) is 117 cm³/mol. The molecule has 0 bridgehead atoms. The van der Waals surface area contributed by atoms with Crippen molar-refractivity contribution in [3.63, 3.8) is 0 Å². The third-order valence-corrected chi connectivity index (χ3v) is 5.16. The lowest BCUT2D eigenvalue weighted by molar-refractivity contribution is -0.126. The SMILES string of the molecule is O=C(NNC(=O)C1CC(=O)N(c2cccc(Cl)c2)C1)c1ccc(COc2ccccc2)o1. The van der Waals surface area contributed by atoms with E-state index in [1.165, 1.54) is 11.0 Å². The fourth-order valence-corrected chi connectivity index (χ4v) is 3.49. The van der Waals surface area contributed by atoms with Crippen LogP contribution in [0.3, 0.4) is 0 Å². The topological polar surface area (TPSA) is 101 Å². The summed E-state index contributed by atoms with van der Waals surface area (Å²) < 4.78 is 11.0. The maximum Gasteiger partial charge on any atom is 0.305 e. The molecule has 1 aromatic heterocycles. The Morgan fingerprint density at radius 1 is 1.06 bits per heavy atom. The Morgan fingerprint density at radius 3 is 2.66 bits per heavy atom. The van der Waals surface area contributed by atoms with Crippen molar-refractivity contribution in [2.75, 3.05) is 11.4 Å². The van der Waals surface area contributed by atoms with E-state index >= 15 is 0 Å². The van der Waals surface area contributed by atoms with E-state index in [1.54, 1.807) is 30.3 Å². The average molecular weight is 454 g/mol. The number of carbonyl (C=O) groups excluding carboxylic acids is 3. The Morgan fingerprint density at radius 2 is 1.88 bits per heavy atom. The quantitative estimate of drug-likeness (QED) is 0.557. The van der Waals surface area contributed by atoms with Crippen molar-refractivity contribution < 1.29 is 23.5 Å². The van der Waals surface area contributed by atoms with Gasteiger partial charge < -0.3 is 14.1 Å². The summed E-state index contributed by atoms with van der Waals surface area (Å²) in [6.45, 7) is 0.357. The molecule has 1 saturated heterocycles. The van der Waals surface area contributed by atoms with Gasteiger partial charge in [0.05, 0.1) is 5.92 Å². The highest BCUT2D eigenvalue weighted by atomic mass is 35.5. The van der Waals surface area contributed by atoms with Crippen LogP contribution in [0.5, 0.6) is 5.75 Å². The van der Waals surface area contributed by atoms with Gasteiger partial charge in [0.2, 0.25) is 11.8 Å². The number of furan rings is 1. The first-order valence-corrected chi connectivity index (χ1v) is 10.3. The van der Waals surface area contributed by atoms with Crippen LogP contribution in [0, 0.1) is 5.92 Å². The summed E-state index contributed by atoms with van der Waals surface area (Å²) in [6, 6.07) is 19.2. The monoisotopic (exact) mass is 453 g/mol. The van der Waals surface area contributed by atoms with E-state index in [0.29, 0.717) is 22.2 Å². The third-order valence-electron chi connectivity index (χ3n) is 4.92. The van der Waals surface area contributed by atoms with Crippen molar-refractivity contribution in [2.24, 2.45) is 5.92 Å². The first-order valence-electron chi connectivity index (χ1n) is 9.92. The normalized spacial score (nSPS) is 15.5. The highest BCUT2D eigenvalue weighted by molar-refractivity contribution is 6.31. The zero-order chi connectivity index (χ0) is 22.5. The van der Waals surface area contributed by atoms with Crippen LogP contribution in [0.1, 0.15) is 22.7 Å². The van der Waals surface area contributed by atoms with Gasteiger partial charge in [-0.1, -0.05) is 35.9 Å². The van der Waals surface area contributed by atoms with E-state index in [4.69, 9.17) is 20.8 Å². The number of benzene rings is 2. The molecule has 0 saturated carbocycles. The van der Waals surface area contributed by atoms with Crippen molar-refractivity contribution >= 4 is 35.0 Å². The van der Waals surface area contributed by atoms with Crippen molar-refractivity contribution in [2.45, 2.75) is 13.0 Å². The summed E-state index contributed by atoms with van der Waals surface area (Å²) in [6.07, 6.45) is 0.0376. The minimum atomic E-state index is -0.611. The number of halogens is 1. The summed E-state index contributed by atoms with van der Waals surface area (Å²) >= 11 is 5.98. The summed E-state index contributed by atoms with van der Waals surface area (Å²) in [5.74, 6) is -0.694. The molecule has 32 heavy (non-hydrogen) atoms. The molecule has 1 atom stereocenters. The first-order chi connectivity index (χ1) is 15.5. The first kappa shape index (κ1) is 21.5. The van der Waals surface area contributed by atoms with Crippen molar-refractivity contribution in [1.82, 2.24) is 10.9 Å². The lowest BCUT2D eigenvalue weighted by Gasteiger charge is -2.17. The molecule has 2 aromatic carbocycles. The molecule has 8 nitrogen and oxygen atoms in total. The summed E-state index contributed by atoms with van der Waals surface area (Å²) in [7, 11) is 0. The summed E-state index contributed by atoms with van der Waals surface area (Å²) in [4.78, 5) is 38.6. The number of hydrazine groups is 1. The highest BCUT2D eigenvalue weighted by Crippen LogP contribution is 2.27. The predicted octanol–water partition coefficient (Wildman–Crippen LogP) is 3.33. The van der Waals surface area contributed by atoms with Gasteiger partial charge in [0.1, 0.15) is 18.1 Å². The fraction of sp³-hybridized carbons (Fsp3) is 0.174. The van der Waals surface area contributed by atoms with Gasteiger partial charge in [-0.2, -0.15) is 0 Å². The summed E-state index contributed by atoms with van der Waals surface area (Å²) in [5, 5.41) is 0.502. The zero-order valence-electron chi connectivity index (χ0n) is 16.9. The van der Waals surface area contributed by atoms with Gasteiger partial charge in [-0.3, -0.25) is 25.2 Å². The number of nitrogens with zero attached hydrogens (tertiary/aromatic N) is 1. The molecule has 4 rings (SSSR count). The smallest absolute Gasteiger partial charge is 0.305 e. The highest BCUT2D eigenvalue weighted by Gasteiger charge is 2.35. The largest absolute Gasteiger partial charge is 0.486 e. The van der Waals surface area contributed by atoms with E-state index in [-0.39, 0.29) is 31.2 Å². The van der Waals surface area contributed by atoms with Crippen LogP contribution in [0.4, 0.5) is 5.69 Å². The van der Waals surface area contributed by atoms with Gasteiger partial charge in [0, 0.05) is 23.7 Å². The Balaban J connectivity index is 1.27. The lowest BCUT2D eigenvalue weighted by Crippen LogP contribution is -2.45. The van der Waals surface area contributed by atoms with Crippen LogP contribution in [0.2, 0.25) is 5.02 Å². The molecule has 0 spiro atoms. The molecule has 9 heteroatoms. The second kappa shape index (κ2) is 9.57.